The van der Waals surface area contributed by atoms with E-state index in [0.717, 1.165) is 55.3 Å². The van der Waals surface area contributed by atoms with Crippen LogP contribution < -0.4 is 5.32 Å². The van der Waals surface area contributed by atoms with Gasteiger partial charge in [-0.1, -0.05) is 48.5 Å². The number of nitrogens with one attached hydrogen (secondary N) is 1. The fraction of sp³-hybridized carbons (Fsp3) is 0. The van der Waals surface area contributed by atoms with Crippen molar-refractivity contribution in [2.75, 3.05) is 5.32 Å². The molecule has 0 aliphatic rings. The fourth-order valence-corrected chi connectivity index (χ4v) is 3.80. The van der Waals surface area contributed by atoms with E-state index < -0.39 is 0 Å². The number of para-hydroxylation sites is 3. The second kappa shape index (κ2) is 5.39. The van der Waals surface area contributed by atoms with Gasteiger partial charge in [0, 0.05) is 33.3 Å². The van der Waals surface area contributed by atoms with Crippen molar-refractivity contribution in [2.24, 2.45) is 0 Å². The highest BCUT2D eigenvalue weighted by Crippen LogP contribution is 2.36. The minimum absolute atomic E-state index is 0.864. The summed E-state index contributed by atoms with van der Waals surface area (Å²) in [5.74, 6) is 0. The molecule has 0 bridgehead atoms. The molecule has 0 amide bonds. The average molecular weight is 349 g/mol. The number of benzene rings is 4. The standard InChI is InChI=1S/C24H15NO2/c1-3-10-21-16(6-1)18-13-12-15(14-23(18)26-21)25-20-9-5-8-19-17-7-2-4-11-22(17)27-24(19)20/h1-14,25H. The molecule has 3 heteroatoms. The zero-order valence-corrected chi connectivity index (χ0v) is 14.4. The molecule has 6 aromatic rings. The summed E-state index contributed by atoms with van der Waals surface area (Å²) in [4.78, 5) is 0. The Hall–Kier alpha value is -3.72. The summed E-state index contributed by atoms with van der Waals surface area (Å²) in [6.07, 6.45) is 0. The molecule has 4 aromatic carbocycles. The monoisotopic (exact) mass is 349 g/mol. The van der Waals surface area contributed by atoms with Gasteiger partial charge < -0.3 is 14.2 Å². The molecule has 0 fully saturated rings. The van der Waals surface area contributed by atoms with Gasteiger partial charge in [0.25, 0.3) is 0 Å². The molecule has 0 aliphatic carbocycles. The second-order valence-corrected chi connectivity index (χ2v) is 6.71. The first-order valence-electron chi connectivity index (χ1n) is 8.95. The molecule has 3 nitrogen and oxygen atoms in total. The van der Waals surface area contributed by atoms with Gasteiger partial charge in [0.2, 0.25) is 0 Å². The van der Waals surface area contributed by atoms with Crippen molar-refractivity contribution in [2.45, 2.75) is 0 Å². The molecule has 0 radical (unpaired) electrons. The summed E-state index contributed by atoms with van der Waals surface area (Å²) in [7, 11) is 0. The number of rotatable bonds is 2. The van der Waals surface area contributed by atoms with Crippen LogP contribution in [0.3, 0.4) is 0 Å². The summed E-state index contributed by atoms with van der Waals surface area (Å²) < 4.78 is 12.1. The lowest BCUT2D eigenvalue weighted by atomic mass is 10.1. The minimum Gasteiger partial charge on any atom is -0.456 e. The van der Waals surface area contributed by atoms with Gasteiger partial charge in [-0.2, -0.15) is 0 Å². The summed E-state index contributed by atoms with van der Waals surface area (Å²) in [5, 5.41) is 7.99. The Bertz CT molecular complexity index is 1460. The van der Waals surface area contributed by atoms with Crippen LogP contribution >= 0.6 is 0 Å². The Morgan fingerprint density at radius 1 is 0.519 bits per heavy atom. The van der Waals surface area contributed by atoms with Gasteiger partial charge in [0.1, 0.15) is 16.7 Å². The van der Waals surface area contributed by atoms with E-state index in [1.807, 2.05) is 54.6 Å². The maximum Gasteiger partial charge on any atom is 0.158 e. The van der Waals surface area contributed by atoms with Gasteiger partial charge in [-0.25, -0.2) is 0 Å². The minimum atomic E-state index is 0.864. The van der Waals surface area contributed by atoms with Crippen molar-refractivity contribution in [1.82, 2.24) is 0 Å². The van der Waals surface area contributed by atoms with Crippen LogP contribution in [0, 0.1) is 0 Å². The maximum atomic E-state index is 6.11. The van der Waals surface area contributed by atoms with E-state index in [-0.39, 0.29) is 0 Å². The van der Waals surface area contributed by atoms with Crippen LogP contribution in [0.15, 0.2) is 93.8 Å². The van der Waals surface area contributed by atoms with E-state index in [1.54, 1.807) is 0 Å². The molecule has 1 N–H and O–H groups in total. The molecular weight excluding hydrogens is 334 g/mol. The van der Waals surface area contributed by atoms with Gasteiger partial charge in [0.15, 0.2) is 5.58 Å². The first-order chi connectivity index (χ1) is 13.4. The zero-order chi connectivity index (χ0) is 17.8. The third-order valence-corrected chi connectivity index (χ3v) is 5.06. The van der Waals surface area contributed by atoms with Crippen LogP contribution in [0.2, 0.25) is 0 Å². The van der Waals surface area contributed by atoms with E-state index >= 15 is 0 Å². The average Bonchev–Trinajstić information content (AvgIpc) is 3.26. The Kier molecular flexibility index (Phi) is 2.88. The smallest absolute Gasteiger partial charge is 0.158 e. The maximum absolute atomic E-state index is 6.11. The van der Waals surface area contributed by atoms with Crippen LogP contribution in [0.4, 0.5) is 11.4 Å². The largest absolute Gasteiger partial charge is 0.456 e. The van der Waals surface area contributed by atoms with Crippen LogP contribution in [-0.4, -0.2) is 0 Å². The van der Waals surface area contributed by atoms with Crippen LogP contribution in [-0.2, 0) is 0 Å². The summed E-state index contributed by atoms with van der Waals surface area (Å²) in [5.41, 5.74) is 5.45. The van der Waals surface area contributed by atoms with E-state index in [1.165, 1.54) is 0 Å². The van der Waals surface area contributed by atoms with E-state index in [4.69, 9.17) is 8.83 Å². The molecule has 0 atom stereocenters. The van der Waals surface area contributed by atoms with E-state index in [9.17, 15) is 0 Å². The molecule has 2 aromatic heterocycles. The quantitative estimate of drug-likeness (QED) is 0.358. The predicted molar refractivity (Wildman–Crippen MR) is 111 cm³/mol. The highest BCUT2D eigenvalue weighted by atomic mass is 16.3. The third-order valence-electron chi connectivity index (χ3n) is 5.06. The van der Waals surface area contributed by atoms with Crippen LogP contribution in [0.1, 0.15) is 0 Å². The molecule has 0 spiro atoms. The molecule has 0 aliphatic heterocycles. The van der Waals surface area contributed by atoms with Crippen molar-refractivity contribution in [3.63, 3.8) is 0 Å². The molecular formula is C24H15NO2. The SMILES string of the molecule is c1ccc2c(c1)oc1cc(Nc3cccc4c3oc3ccccc34)ccc12. The lowest BCUT2D eigenvalue weighted by Crippen LogP contribution is -1.90. The second-order valence-electron chi connectivity index (χ2n) is 6.71. The van der Waals surface area contributed by atoms with Crippen molar-refractivity contribution in [1.29, 1.82) is 0 Å². The first kappa shape index (κ1) is 14.4. The third kappa shape index (κ3) is 2.15. The highest BCUT2D eigenvalue weighted by molar-refractivity contribution is 6.09. The van der Waals surface area contributed by atoms with Gasteiger partial charge in [0.05, 0.1) is 5.69 Å². The van der Waals surface area contributed by atoms with Crippen molar-refractivity contribution in [3.8, 4) is 0 Å². The molecule has 6 rings (SSSR count). The lowest BCUT2D eigenvalue weighted by molar-refractivity contribution is 0.668. The molecule has 0 saturated heterocycles. The number of furan rings is 2. The molecule has 0 saturated carbocycles. The summed E-state index contributed by atoms with van der Waals surface area (Å²) in [6, 6.07) is 28.6. The van der Waals surface area contributed by atoms with Crippen LogP contribution in [0.25, 0.3) is 43.9 Å². The molecule has 2 heterocycles. The van der Waals surface area contributed by atoms with Crippen molar-refractivity contribution in [3.05, 3.63) is 84.9 Å². The van der Waals surface area contributed by atoms with Crippen LogP contribution in [0.5, 0.6) is 0 Å². The lowest BCUT2D eigenvalue weighted by Gasteiger charge is -2.06. The van der Waals surface area contributed by atoms with Gasteiger partial charge in [-0.15, -0.1) is 0 Å². The number of anilines is 2. The Balaban J connectivity index is 1.49. The van der Waals surface area contributed by atoms with Crippen molar-refractivity contribution >= 4 is 55.3 Å². The first-order valence-corrected chi connectivity index (χ1v) is 8.95. The van der Waals surface area contributed by atoms with Gasteiger partial charge >= 0.3 is 0 Å². The Morgan fingerprint density at radius 2 is 1.19 bits per heavy atom. The zero-order valence-electron chi connectivity index (χ0n) is 14.4. The van der Waals surface area contributed by atoms with E-state index in [2.05, 4.69) is 35.6 Å². The number of hydrogen-bond acceptors (Lipinski definition) is 3. The van der Waals surface area contributed by atoms with Gasteiger partial charge in [-0.3, -0.25) is 0 Å². The van der Waals surface area contributed by atoms with Crippen molar-refractivity contribution < 1.29 is 8.83 Å². The summed E-state index contributed by atoms with van der Waals surface area (Å²) in [6.45, 7) is 0. The van der Waals surface area contributed by atoms with E-state index in [0.29, 0.717) is 0 Å². The number of fused-ring (bicyclic) bond motifs is 6. The molecule has 27 heavy (non-hydrogen) atoms. The number of hydrogen-bond donors (Lipinski definition) is 1. The summed E-state index contributed by atoms with van der Waals surface area (Å²) >= 11 is 0. The molecule has 0 unspecified atom stereocenters. The topological polar surface area (TPSA) is 38.3 Å². The molecule has 128 valence electrons. The fourth-order valence-electron chi connectivity index (χ4n) is 3.80. The predicted octanol–water partition coefficient (Wildman–Crippen LogP) is 7.23. The Labute approximate surface area is 154 Å². The van der Waals surface area contributed by atoms with Gasteiger partial charge in [-0.05, 0) is 30.3 Å². The normalized spacial score (nSPS) is 11.7. The Morgan fingerprint density at radius 3 is 2.04 bits per heavy atom. The highest BCUT2D eigenvalue weighted by Gasteiger charge is 2.11.